The number of rotatable bonds is 5. The molecule has 1 unspecified atom stereocenters. The molecule has 2 rings (SSSR count). The third-order valence-corrected chi connectivity index (χ3v) is 3.72. The van der Waals surface area contributed by atoms with Crippen LogP contribution in [0.15, 0.2) is 24.3 Å². The lowest BCUT2D eigenvalue weighted by molar-refractivity contribution is -0.121. The monoisotopic (exact) mass is 271 g/mol. The van der Waals surface area contributed by atoms with E-state index in [0.717, 1.165) is 25.1 Å². The number of nitriles is 1. The Kier molecular flexibility index (Phi) is 5.57. The Morgan fingerprint density at radius 3 is 3.15 bits per heavy atom. The molecule has 0 bridgehead atoms. The fraction of sp³-hybridized carbons (Fsp3) is 0.500. The zero-order valence-corrected chi connectivity index (χ0v) is 11.7. The van der Waals surface area contributed by atoms with Crippen LogP contribution in [0.25, 0.3) is 0 Å². The van der Waals surface area contributed by atoms with Gasteiger partial charge in [0.2, 0.25) is 5.91 Å². The molecule has 0 saturated carbocycles. The van der Waals surface area contributed by atoms with Crippen LogP contribution in [0, 0.1) is 17.2 Å². The maximum absolute atomic E-state index is 11.8. The van der Waals surface area contributed by atoms with Crippen LogP contribution in [-0.4, -0.2) is 19.0 Å². The van der Waals surface area contributed by atoms with Gasteiger partial charge in [0.05, 0.1) is 11.6 Å². The molecule has 1 aromatic carbocycles. The van der Waals surface area contributed by atoms with Gasteiger partial charge in [-0.3, -0.25) is 4.79 Å². The Hall–Kier alpha value is -1.86. The van der Waals surface area contributed by atoms with E-state index in [4.69, 9.17) is 5.26 Å². The van der Waals surface area contributed by atoms with Gasteiger partial charge in [-0.1, -0.05) is 12.1 Å². The van der Waals surface area contributed by atoms with E-state index < -0.39 is 0 Å². The molecule has 1 amide bonds. The Morgan fingerprint density at radius 2 is 2.40 bits per heavy atom. The predicted octanol–water partition coefficient (Wildman–Crippen LogP) is 1.95. The number of piperidine rings is 1. The second kappa shape index (κ2) is 7.66. The van der Waals surface area contributed by atoms with Crippen molar-refractivity contribution in [1.82, 2.24) is 10.6 Å². The second-order valence-electron chi connectivity index (χ2n) is 5.34. The molecule has 2 N–H and O–H groups in total. The largest absolute Gasteiger partial charge is 0.352 e. The molecule has 0 radical (unpaired) electrons. The first-order chi connectivity index (χ1) is 9.78. The van der Waals surface area contributed by atoms with Crippen molar-refractivity contribution in [3.8, 4) is 6.07 Å². The highest BCUT2D eigenvalue weighted by Gasteiger charge is 2.14. The first kappa shape index (κ1) is 14.5. The van der Waals surface area contributed by atoms with Crippen molar-refractivity contribution in [3.63, 3.8) is 0 Å². The van der Waals surface area contributed by atoms with Crippen LogP contribution in [0.5, 0.6) is 0 Å². The molecule has 1 fully saturated rings. The van der Waals surface area contributed by atoms with E-state index in [0.29, 0.717) is 24.4 Å². The van der Waals surface area contributed by atoms with Gasteiger partial charge < -0.3 is 10.6 Å². The summed E-state index contributed by atoms with van der Waals surface area (Å²) >= 11 is 0. The smallest absolute Gasteiger partial charge is 0.220 e. The molecule has 0 spiro atoms. The maximum Gasteiger partial charge on any atom is 0.220 e. The quantitative estimate of drug-likeness (QED) is 0.860. The summed E-state index contributed by atoms with van der Waals surface area (Å²) in [5.41, 5.74) is 1.60. The van der Waals surface area contributed by atoms with Crippen molar-refractivity contribution >= 4 is 5.91 Å². The summed E-state index contributed by atoms with van der Waals surface area (Å²) in [6.45, 7) is 2.65. The van der Waals surface area contributed by atoms with Crippen LogP contribution in [0.1, 0.15) is 36.8 Å². The second-order valence-corrected chi connectivity index (χ2v) is 5.34. The highest BCUT2D eigenvalue weighted by molar-refractivity contribution is 5.75. The van der Waals surface area contributed by atoms with Crippen LogP contribution in [0.2, 0.25) is 0 Å². The lowest BCUT2D eigenvalue weighted by Gasteiger charge is -2.22. The SMILES string of the molecule is N#Cc1cccc(CNC(=O)CCC2CCCNC2)c1. The number of hydrogen-bond acceptors (Lipinski definition) is 3. The minimum Gasteiger partial charge on any atom is -0.352 e. The van der Waals surface area contributed by atoms with Crippen molar-refractivity contribution in [2.75, 3.05) is 13.1 Å². The number of nitrogens with zero attached hydrogens (tertiary/aromatic N) is 1. The zero-order chi connectivity index (χ0) is 14.2. The van der Waals surface area contributed by atoms with Gasteiger partial charge >= 0.3 is 0 Å². The summed E-state index contributed by atoms with van der Waals surface area (Å²) in [7, 11) is 0. The number of carbonyl (C=O) groups excluding carboxylic acids is 1. The Labute approximate surface area is 120 Å². The van der Waals surface area contributed by atoms with Gasteiger partial charge in [-0.25, -0.2) is 0 Å². The third-order valence-electron chi connectivity index (χ3n) is 3.72. The highest BCUT2D eigenvalue weighted by Crippen LogP contribution is 2.15. The number of hydrogen-bond donors (Lipinski definition) is 2. The number of amides is 1. The van der Waals surface area contributed by atoms with Crippen LogP contribution >= 0.6 is 0 Å². The molecule has 1 aromatic rings. The number of carbonyl (C=O) groups is 1. The summed E-state index contributed by atoms with van der Waals surface area (Å²) in [5.74, 6) is 0.731. The highest BCUT2D eigenvalue weighted by atomic mass is 16.1. The Balaban J connectivity index is 1.70. The lowest BCUT2D eigenvalue weighted by Crippen LogP contribution is -2.31. The molecule has 4 nitrogen and oxygen atoms in total. The van der Waals surface area contributed by atoms with E-state index >= 15 is 0 Å². The average Bonchev–Trinajstić information content (AvgIpc) is 2.52. The van der Waals surface area contributed by atoms with Crippen LogP contribution in [0.4, 0.5) is 0 Å². The lowest BCUT2D eigenvalue weighted by atomic mass is 9.94. The number of benzene rings is 1. The molecular formula is C16H21N3O. The minimum absolute atomic E-state index is 0.0953. The van der Waals surface area contributed by atoms with Crippen LogP contribution < -0.4 is 10.6 Å². The molecule has 106 valence electrons. The summed E-state index contributed by atoms with van der Waals surface area (Å²) in [6, 6.07) is 9.44. The van der Waals surface area contributed by atoms with E-state index in [2.05, 4.69) is 16.7 Å². The number of nitrogens with one attached hydrogen (secondary N) is 2. The molecular weight excluding hydrogens is 250 g/mol. The van der Waals surface area contributed by atoms with Crippen LogP contribution in [-0.2, 0) is 11.3 Å². The Morgan fingerprint density at radius 1 is 1.50 bits per heavy atom. The molecule has 1 heterocycles. The van der Waals surface area contributed by atoms with Crippen molar-refractivity contribution in [2.24, 2.45) is 5.92 Å². The van der Waals surface area contributed by atoms with Crippen molar-refractivity contribution in [2.45, 2.75) is 32.2 Å². The van der Waals surface area contributed by atoms with Crippen LogP contribution in [0.3, 0.4) is 0 Å². The van der Waals surface area contributed by atoms with Crippen molar-refractivity contribution in [3.05, 3.63) is 35.4 Å². The first-order valence-corrected chi connectivity index (χ1v) is 7.24. The van der Waals surface area contributed by atoms with Gasteiger partial charge in [-0.15, -0.1) is 0 Å². The average molecular weight is 271 g/mol. The van der Waals surface area contributed by atoms with E-state index in [1.54, 1.807) is 6.07 Å². The fourth-order valence-corrected chi connectivity index (χ4v) is 2.55. The zero-order valence-electron chi connectivity index (χ0n) is 11.7. The fourth-order valence-electron chi connectivity index (χ4n) is 2.55. The first-order valence-electron chi connectivity index (χ1n) is 7.24. The van der Waals surface area contributed by atoms with Gasteiger partial charge in [-0.05, 0) is 56.0 Å². The van der Waals surface area contributed by atoms with Crippen molar-refractivity contribution < 1.29 is 4.79 Å². The molecule has 20 heavy (non-hydrogen) atoms. The standard InChI is InChI=1S/C16H21N3O/c17-10-14-3-1-4-15(9-14)12-19-16(20)7-6-13-5-2-8-18-11-13/h1,3-4,9,13,18H,2,5-8,11-12H2,(H,19,20). The van der Waals surface area contributed by atoms with Gasteiger partial charge in [0.1, 0.15) is 0 Å². The predicted molar refractivity (Wildman–Crippen MR) is 77.8 cm³/mol. The summed E-state index contributed by atoms with van der Waals surface area (Å²) in [5, 5.41) is 15.1. The topological polar surface area (TPSA) is 64.9 Å². The van der Waals surface area contributed by atoms with Gasteiger partial charge in [-0.2, -0.15) is 5.26 Å². The van der Waals surface area contributed by atoms with E-state index in [1.165, 1.54) is 12.8 Å². The molecule has 1 aliphatic heterocycles. The van der Waals surface area contributed by atoms with Gasteiger partial charge in [0, 0.05) is 13.0 Å². The maximum atomic E-state index is 11.8. The molecule has 1 aliphatic rings. The minimum atomic E-state index is 0.0953. The van der Waals surface area contributed by atoms with E-state index in [-0.39, 0.29) is 5.91 Å². The summed E-state index contributed by atoms with van der Waals surface area (Å²) in [4.78, 5) is 11.8. The molecule has 0 aliphatic carbocycles. The molecule has 1 saturated heterocycles. The molecule has 0 aromatic heterocycles. The normalized spacial score (nSPS) is 18.2. The molecule has 4 heteroatoms. The third kappa shape index (κ3) is 4.67. The summed E-state index contributed by atoms with van der Waals surface area (Å²) < 4.78 is 0. The van der Waals surface area contributed by atoms with E-state index in [1.807, 2.05) is 18.2 Å². The van der Waals surface area contributed by atoms with Gasteiger partial charge in [0.25, 0.3) is 0 Å². The summed E-state index contributed by atoms with van der Waals surface area (Å²) in [6.07, 6.45) is 3.99. The molecule has 1 atom stereocenters. The Bertz CT molecular complexity index is 487. The van der Waals surface area contributed by atoms with Crippen molar-refractivity contribution in [1.29, 1.82) is 5.26 Å². The van der Waals surface area contributed by atoms with E-state index in [9.17, 15) is 4.79 Å². The van der Waals surface area contributed by atoms with Gasteiger partial charge in [0.15, 0.2) is 0 Å².